The van der Waals surface area contributed by atoms with Crippen LogP contribution in [-0.2, 0) is 4.79 Å². The van der Waals surface area contributed by atoms with E-state index in [9.17, 15) is 9.59 Å². The van der Waals surface area contributed by atoms with Crippen molar-refractivity contribution in [2.45, 2.75) is 13.8 Å². The molecule has 0 saturated heterocycles. The topological polar surface area (TPSA) is 69.6 Å². The van der Waals surface area contributed by atoms with Crippen molar-refractivity contribution in [2.24, 2.45) is 5.92 Å². The molecule has 0 radical (unpaired) electrons. The fourth-order valence-electron chi connectivity index (χ4n) is 1.62. The smallest absolute Gasteiger partial charge is 0.323 e. The van der Waals surface area contributed by atoms with E-state index in [1.165, 1.54) is 4.90 Å². The molecule has 0 unspecified atom stereocenters. The normalized spacial score (nSPS) is 10.4. The first-order valence-electron chi connectivity index (χ1n) is 6.03. The molecule has 0 saturated carbocycles. The number of amides is 2. The molecule has 0 aliphatic rings. The van der Waals surface area contributed by atoms with Crippen molar-refractivity contribution in [2.75, 3.05) is 18.4 Å². The Labute approximate surface area is 131 Å². The zero-order valence-electron chi connectivity index (χ0n) is 11.2. The molecule has 2 amide bonds. The number of halogens is 2. The van der Waals surface area contributed by atoms with Gasteiger partial charge in [0.25, 0.3) is 0 Å². The zero-order chi connectivity index (χ0) is 15.3. The Kier molecular flexibility index (Phi) is 6.29. The van der Waals surface area contributed by atoms with Crippen LogP contribution in [0.3, 0.4) is 0 Å². The molecule has 20 heavy (non-hydrogen) atoms. The molecular formula is C13H16BrClN2O3. The van der Waals surface area contributed by atoms with Crippen LogP contribution in [0.1, 0.15) is 13.8 Å². The number of carboxylic acids is 1. The lowest BCUT2D eigenvalue weighted by atomic mass is 10.2. The van der Waals surface area contributed by atoms with E-state index in [1.807, 2.05) is 13.8 Å². The van der Waals surface area contributed by atoms with Gasteiger partial charge in [-0.15, -0.1) is 0 Å². The van der Waals surface area contributed by atoms with Gasteiger partial charge in [-0.25, -0.2) is 4.79 Å². The van der Waals surface area contributed by atoms with E-state index < -0.39 is 12.0 Å². The molecule has 0 aliphatic heterocycles. The average Bonchev–Trinajstić information content (AvgIpc) is 2.33. The fourth-order valence-corrected chi connectivity index (χ4v) is 2.16. The quantitative estimate of drug-likeness (QED) is 0.838. The number of urea groups is 1. The Balaban J connectivity index is 2.84. The molecule has 2 N–H and O–H groups in total. The Morgan fingerprint density at radius 3 is 2.65 bits per heavy atom. The van der Waals surface area contributed by atoms with Crippen molar-refractivity contribution in [1.29, 1.82) is 0 Å². The number of nitrogens with one attached hydrogen (secondary N) is 1. The second-order valence-electron chi connectivity index (χ2n) is 4.70. The summed E-state index contributed by atoms with van der Waals surface area (Å²) in [4.78, 5) is 24.2. The summed E-state index contributed by atoms with van der Waals surface area (Å²) in [7, 11) is 0. The molecule has 0 spiro atoms. The van der Waals surface area contributed by atoms with Crippen LogP contribution < -0.4 is 5.32 Å². The molecule has 5 nitrogen and oxygen atoms in total. The summed E-state index contributed by atoms with van der Waals surface area (Å²) in [5, 5.41) is 12.0. The second kappa shape index (κ2) is 7.50. The highest BCUT2D eigenvalue weighted by Crippen LogP contribution is 2.30. The summed E-state index contributed by atoms with van der Waals surface area (Å²) in [6.07, 6.45) is 0. The molecule has 0 heterocycles. The average molecular weight is 364 g/mol. The van der Waals surface area contributed by atoms with E-state index in [0.717, 1.165) is 0 Å². The molecule has 0 fully saturated rings. The highest BCUT2D eigenvalue weighted by molar-refractivity contribution is 9.10. The first kappa shape index (κ1) is 16.8. The number of aliphatic carboxylic acids is 1. The van der Waals surface area contributed by atoms with Crippen LogP contribution in [0.4, 0.5) is 10.5 Å². The van der Waals surface area contributed by atoms with Crippen LogP contribution in [0.15, 0.2) is 22.7 Å². The molecule has 0 atom stereocenters. The van der Waals surface area contributed by atoms with Crippen molar-refractivity contribution in [3.05, 3.63) is 27.7 Å². The van der Waals surface area contributed by atoms with Crippen LogP contribution in [0.5, 0.6) is 0 Å². The second-order valence-corrected chi connectivity index (χ2v) is 5.90. The maximum absolute atomic E-state index is 12.1. The highest BCUT2D eigenvalue weighted by Gasteiger charge is 2.19. The molecule has 7 heteroatoms. The van der Waals surface area contributed by atoms with E-state index in [-0.39, 0.29) is 12.5 Å². The predicted molar refractivity (Wildman–Crippen MR) is 82.2 cm³/mol. The van der Waals surface area contributed by atoms with Gasteiger partial charge in [-0.05, 0) is 34.0 Å². The number of carbonyl (C=O) groups is 2. The van der Waals surface area contributed by atoms with E-state index in [1.54, 1.807) is 18.2 Å². The van der Waals surface area contributed by atoms with Gasteiger partial charge in [-0.1, -0.05) is 31.5 Å². The van der Waals surface area contributed by atoms with Gasteiger partial charge in [0.1, 0.15) is 6.54 Å². The lowest BCUT2D eigenvalue weighted by molar-refractivity contribution is -0.137. The third kappa shape index (κ3) is 5.02. The van der Waals surface area contributed by atoms with E-state index in [0.29, 0.717) is 21.7 Å². The molecule has 1 aromatic rings. The summed E-state index contributed by atoms with van der Waals surface area (Å²) < 4.78 is 0.565. The van der Waals surface area contributed by atoms with E-state index >= 15 is 0 Å². The monoisotopic (exact) mass is 362 g/mol. The Morgan fingerprint density at radius 1 is 1.45 bits per heavy atom. The third-order valence-electron chi connectivity index (χ3n) is 2.39. The number of hydrogen-bond donors (Lipinski definition) is 2. The van der Waals surface area contributed by atoms with Gasteiger partial charge in [-0.2, -0.15) is 0 Å². The Morgan fingerprint density at radius 2 is 2.10 bits per heavy atom. The molecule has 0 aromatic heterocycles. The number of benzene rings is 1. The first-order chi connectivity index (χ1) is 9.31. The van der Waals surface area contributed by atoms with Gasteiger partial charge in [0, 0.05) is 6.54 Å². The number of nitrogens with zero attached hydrogens (tertiary/aromatic N) is 1. The van der Waals surface area contributed by atoms with E-state index in [4.69, 9.17) is 16.7 Å². The molecule has 110 valence electrons. The zero-order valence-corrected chi connectivity index (χ0v) is 13.5. The lowest BCUT2D eigenvalue weighted by Gasteiger charge is -2.23. The Bertz CT molecular complexity index is 508. The maximum Gasteiger partial charge on any atom is 0.323 e. The standard InChI is InChI=1S/C13H16BrClN2O3/c1-8(2)6-17(7-11(18)19)13(20)16-10-5-3-4-9(15)12(10)14/h3-5,8H,6-7H2,1-2H3,(H,16,20)(H,18,19). The molecule has 0 aliphatic carbocycles. The van der Waals surface area contributed by atoms with Gasteiger partial charge in [-0.3, -0.25) is 4.79 Å². The van der Waals surface area contributed by atoms with Crippen LogP contribution in [0.25, 0.3) is 0 Å². The molecular weight excluding hydrogens is 348 g/mol. The van der Waals surface area contributed by atoms with Crippen LogP contribution in [0, 0.1) is 5.92 Å². The maximum atomic E-state index is 12.1. The molecule has 1 rings (SSSR count). The Hall–Kier alpha value is -1.27. The van der Waals surface area contributed by atoms with E-state index in [2.05, 4.69) is 21.2 Å². The number of carboxylic acid groups (broad SMARTS) is 1. The minimum absolute atomic E-state index is 0.169. The van der Waals surface area contributed by atoms with Crippen molar-refractivity contribution in [3.63, 3.8) is 0 Å². The van der Waals surface area contributed by atoms with Crippen molar-refractivity contribution in [1.82, 2.24) is 4.90 Å². The number of carbonyl (C=O) groups excluding carboxylic acids is 1. The summed E-state index contributed by atoms with van der Waals surface area (Å²) in [6, 6.07) is 4.60. The third-order valence-corrected chi connectivity index (χ3v) is 3.79. The molecule has 1 aromatic carbocycles. The number of rotatable bonds is 5. The van der Waals surface area contributed by atoms with Gasteiger partial charge >= 0.3 is 12.0 Å². The van der Waals surface area contributed by atoms with Crippen LogP contribution >= 0.6 is 27.5 Å². The molecule has 0 bridgehead atoms. The van der Waals surface area contributed by atoms with Gasteiger partial charge in [0.05, 0.1) is 15.2 Å². The summed E-state index contributed by atoms with van der Waals surface area (Å²) in [5.74, 6) is -0.881. The first-order valence-corrected chi connectivity index (χ1v) is 7.20. The van der Waals surface area contributed by atoms with Crippen molar-refractivity contribution in [3.8, 4) is 0 Å². The van der Waals surface area contributed by atoms with Crippen molar-refractivity contribution < 1.29 is 14.7 Å². The minimum atomic E-state index is -1.05. The van der Waals surface area contributed by atoms with Gasteiger partial charge in [0.15, 0.2) is 0 Å². The highest BCUT2D eigenvalue weighted by atomic mass is 79.9. The van der Waals surface area contributed by atoms with Gasteiger partial charge in [0.2, 0.25) is 0 Å². The number of hydrogen-bond acceptors (Lipinski definition) is 2. The summed E-state index contributed by atoms with van der Waals surface area (Å²) in [6.45, 7) is 3.84. The van der Waals surface area contributed by atoms with Crippen LogP contribution in [-0.4, -0.2) is 35.1 Å². The largest absolute Gasteiger partial charge is 0.480 e. The SMILES string of the molecule is CC(C)CN(CC(=O)O)C(=O)Nc1cccc(Cl)c1Br. The van der Waals surface area contributed by atoms with Crippen LogP contribution in [0.2, 0.25) is 5.02 Å². The lowest BCUT2D eigenvalue weighted by Crippen LogP contribution is -2.41. The van der Waals surface area contributed by atoms with Crippen molar-refractivity contribution >= 4 is 45.2 Å². The number of anilines is 1. The van der Waals surface area contributed by atoms with Gasteiger partial charge < -0.3 is 15.3 Å². The minimum Gasteiger partial charge on any atom is -0.480 e. The predicted octanol–water partition coefficient (Wildman–Crippen LogP) is 3.68. The summed E-state index contributed by atoms with van der Waals surface area (Å²) in [5.41, 5.74) is 0.502. The summed E-state index contributed by atoms with van der Waals surface area (Å²) >= 11 is 9.22. The fraction of sp³-hybridized carbons (Fsp3) is 0.385.